The highest BCUT2D eigenvalue weighted by Gasteiger charge is 2.32. The third-order valence-corrected chi connectivity index (χ3v) is 5.71. The summed E-state index contributed by atoms with van der Waals surface area (Å²) in [5.41, 5.74) is 7.06. The predicted molar refractivity (Wildman–Crippen MR) is 109 cm³/mol. The molecule has 0 bridgehead atoms. The van der Waals surface area contributed by atoms with Crippen molar-refractivity contribution in [3.63, 3.8) is 0 Å². The van der Waals surface area contributed by atoms with Crippen molar-refractivity contribution in [3.8, 4) is 11.3 Å². The van der Waals surface area contributed by atoms with Crippen LogP contribution in [-0.4, -0.2) is 22.3 Å². The summed E-state index contributed by atoms with van der Waals surface area (Å²) in [6.07, 6.45) is 7.51. The molecule has 1 aromatic carbocycles. The minimum absolute atomic E-state index is 0.0268. The van der Waals surface area contributed by atoms with E-state index in [0.29, 0.717) is 11.3 Å². The Morgan fingerprint density at radius 3 is 2.48 bits per heavy atom. The zero-order valence-corrected chi connectivity index (χ0v) is 16.7. The molecule has 27 heavy (non-hydrogen) atoms. The van der Waals surface area contributed by atoms with Gasteiger partial charge in [0.2, 0.25) is 5.91 Å². The number of carbonyl (C=O) groups is 1. The van der Waals surface area contributed by atoms with Gasteiger partial charge in [-0.1, -0.05) is 50.6 Å². The van der Waals surface area contributed by atoms with Gasteiger partial charge in [-0.25, -0.2) is 5.43 Å². The van der Waals surface area contributed by atoms with E-state index in [-0.39, 0.29) is 11.8 Å². The molecule has 1 aromatic heterocycles. The highest BCUT2D eigenvalue weighted by Crippen LogP contribution is 2.39. The number of H-pyrrole nitrogens is 1. The summed E-state index contributed by atoms with van der Waals surface area (Å²) in [5, 5.41) is 11.3. The van der Waals surface area contributed by atoms with Gasteiger partial charge in [-0.05, 0) is 43.9 Å². The quantitative estimate of drug-likeness (QED) is 0.609. The summed E-state index contributed by atoms with van der Waals surface area (Å²) in [7, 11) is 0. The van der Waals surface area contributed by atoms with E-state index in [1.807, 2.05) is 12.1 Å². The number of amides is 1. The van der Waals surface area contributed by atoms with Gasteiger partial charge >= 0.3 is 0 Å². The number of aromatic nitrogens is 2. The number of nitrogens with one attached hydrogen (secondary N) is 2. The van der Waals surface area contributed by atoms with E-state index in [9.17, 15) is 4.79 Å². The van der Waals surface area contributed by atoms with Crippen LogP contribution in [0.1, 0.15) is 57.6 Å². The first-order valence-electron chi connectivity index (χ1n) is 9.78. The molecule has 0 radical (unpaired) electrons. The second-order valence-electron chi connectivity index (χ2n) is 8.72. The number of carbonyl (C=O) groups excluding carboxylic acids is 1. The van der Waals surface area contributed by atoms with Gasteiger partial charge in [0, 0.05) is 17.0 Å². The Labute approximate surface area is 161 Å². The first-order chi connectivity index (χ1) is 12.8. The van der Waals surface area contributed by atoms with Crippen LogP contribution in [0.5, 0.6) is 0 Å². The van der Waals surface area contributed by atoms with Crippen molar-refractivity contribution in [3.05, 3.63) is 41.6 Å². The fraction of sp³-hybridized carbons (Fsp3) is 0.500. The van der Waals surface area contributed by atoms with Crippen LogP contribution in [0.25, 0.3) is 11.3 Å². The van der Waals surface area contributed by atoms with Crippen LogP contribution in [0.3, 0.4) is 0 Å². The minimum atomic E-state index is 0.0268. The van der Waals surface area contributed by atoms with E-state index in [1.165, 1.54) is 5.56 Å². The van der Waals surface area contributed by atoms with Gasteiger partial charge in [-0.3, -0.25) is 9.89 Å². The van der Waals surface area contributed by atoms with Gasteiger partial charge in [-0.2, -0.15) is 10.2 Å². The van der Waals surface area contributed by atoms with E-state index in [2.05, 4.69) is 60.6 Å². The first-order valence-corrected chi connectivity index (χ1v) is 9.78. The molecule has 1 aliphatic carbocycles. The van der Waals surface area contributed by atoms with E-state index in [1.54, 1.807) is 12.4 Å². The molecule has 5 heteroatoms. The Kier molecular flexibility index (Phi) is 5.78. The van der Waals surface area contributed by atoms with E-state index < -0.39 is 0 Å². The molecule has 2 aromatic rings. The molecule has 1 fully saturated rings. The zero-order valence-electron chi connectivity index (χ0n) is 16.7. The summed E-state index contributed by atoms with van der Waals surface area (Å²) in [5.74, 6) is 0.800. The van der Waals surface area contributed by atoms with Crippen molar-refractivity contribution < 1.29 is 4.79 Å². The second kappa shape index (κ2) is 8.07. The number of nitrogens with zero attached hydrogens (tertiary/aromatic N) is 2. The van der Waals surface area contributed by atoms with Crippen LogP contribution in [0.15, 0.2) is 35.6 Å². The SMILES string of the molecule is Cc1ccc(-c2[nH]ncc2/C=N/NC(=O)C2CCC(C(C)(C)C)CC2)cc1. The molecule has 0 unspecified atom stereocenters. The smallest absolute Gasteiger partial charge is 0.243 e. The minimum Gasteiger partial charge on any atom is -0.277 e. The number of hydrogen-bond donors (Lipinski definition) is 2. The normalized spacial score (nSPS) is 20.7. The van der Waals surface area contributed by atoms with Gasteiger partial charge in [0.25, 0.3) is 0 Å². The van der Waals surface area contributed by atoms with Gasteiger partial charge in [0.1, 0.15) is 0 Å². The Hall–Kier alpha value is -2.43. The number of hydrogen-bond acceptors (Lipinski definition) is 3. The topological polar surface area (TPSA) is 70.1 Å². The fourth-order valence-electron chi connectivity index (χ4n) is 3.82. The lowest BCUT2D eigenvalue weighted by molar-refractivity contribution is -0.126. The van der Waals surface area contributed by atoms with Gasteiger partial charge in [0.15, 0.2) is 0 Å². The maximum atomic E-state index is 12.4. The molecule has 1 amide bonds. The average molecular weight is 367 g/mol. The summed E-state index contributed by atoms with van der Waals surface area (Å²) in [6, 6.07) is 8.22. The molecule has 3 rings (SSSR count). The Morgan fingerprint density at radius 1 is 1.19 bits per heavy atom. The maximum Gasteiger partial charge on any atom is 0.243 e. The first kappa shape index (κ1) is 19.3. The van der Waals surface area contributed by atoms with Gasteiger partial charge in [0.05, 0.1) is 18.1 Å². The van der Waals surface area contributed by atoms with Crippen molar-refractivity contribution in [2.24, 2.45) is 22.4 Å². The van der Waals surface area contributed by atoms with Crippen molar-refractivity contribution in [1.29, 1.82) is 0 Å². The molecule has 144 valence electrons. The molecule has 0 saturated heterocycles. The molecule has 0 aliphatic heterocycles. The summed E-state index contributed by atoms with van der Waals surface area (Å²) in [6.45, 7) is 8.93. The lowest BCUT2D eigenvalue weighted by Gasteiger charge is -2.36. The largest absolute Gasteiger partial charge is 0.277 e. The maximum absolute atomic E-state index is 12.4. The van der Waals surface area contributed by atoms with Crippen LogP contribution < -0.4 is 5.43 Å². The van der Waals surface area contributed by atoms with E-state index >= 15 is 0 Å². The third-order valence-electron chi connectivity index (χ3n) is 5.71. The molecule has 5 nitrogen and oxygen atoms in total. The van der Waals surface area contributed by atoms with Crippen molar-refractivity contribution in [2.75, 3.05) is 0 Å². The molecular formula is C22H30N4O. The summed E-state index contributed by atoms with van der Waals surface area (Å²) >= 11 is 0. The predicted octanol–water partition coefficient (Wildman–Crippen LogP) is 4.69. The van der Waals surface area contributed by atoms with Crippen molar-refractivity contribution >= 4 is 12.1 Å². The molecule has 0 spiro atoms. The third kappa shape index (κ3) is 4.85. The molecule has 2 N–H and O–H groups in total. The van der Waals surface area contributed by atoms with Crippen LogP contribution in [-0.2, 0) is 4.79 Å². The van der Waals surface area contributed by atoms with Crippen LogP contribution >= 0.6 is 0 Å². The Bertz CT molecular complexity index is 790. The van der Waals surface area contributed by atoms with Crippen LogP contribution in [0, 0.1) is 24.2 Å². The molecule has 1 saturated carbocycles. The number of aryl methyl sites for hydroxylation is 1. The van der Waals surface area contributed by atoms with Gasteiger partial charge < -0.3 is 0 Å². The van der Waals surface area contributed by atoms with Crippen molar-refractivity contribution in [2.45, 2.75) is 53.4 Å². The Balaban J connectivity index is 1.57. The number of hydrazone groups is 1. The highest BCUT2D eigenvalue weighted by molar-refractivity contribution is 5.89. The summed E-state index contributed by atoms with van der Waals surface area (Å²) < 4.78 is 0. The lowest BCUT2D eigenvalue weighted by atomic mass is 9.70. The molecule has 1 aliphatic rings. The zero-order chi connectivity index (χ0) is 19.4. The number of aromatic amines is 1. The van der Waals surface area contributed by atoms with E-state index in [4.69, 9.17) is 0 Å². The fourth-order valence-corrected chi connectivity index (χ4v) is 3.82. The summed E-state index contributed by atoms with van der Waals surface area (Å²) in [4.78, 5) is 12.4. The van der Waals surface area contributed by atoms with Crippen LogP contribution in [0.4, 0.5) is 0 Å². The number of rotatable bonds is 4. The average Bonchev–Trinajstić information content (AvgIpc) is 3.10. The highest BCUT2D eigenvalue weighted by atomic mass is 16.2. The molecule has 1 heterocycles. The van der Waals surface area contributed by atoms with E-state index in [0.717, 1.165) is 42.5 Å². The van der Waals surface area contributed by atoms with Gasteiger partial charge in [-0.15, -0.1) is 0 Å². The van der Waals surface area contributed by atoms with Crippen LogP contribution in [0.2, 0.25) is 0 Å². The standard InChI is InChI=1S/C22H30N4O/c1-15-5-7-16(8-6-15)20-18(13-23-25-20)14-24-26-21(27)17-9-11-19(12-10-17)22(2,3)4/h5-8,13-14,17,19H,9-12H2,1-4H3,(H,23,25)(H,26,27)/b24-14+. The monoisotopic (exact) mass is 366 g/mol. The number of benzene rings is 1. The second-order valence-corrected chi connectivity index (χ2v) is 8.72. The van der Waals surface area contributed by atoms with Crippen molar-refractivity contribution in [1.82, 2.24) is 15.6 Å². The molecular weight excluding hydrogens is 336 g/mol. The molecule has 0 atom stereocenters. The Morgan fingerprint density at radius 2 is 1.85 bits per heavy atom. The lowest BCUT2D eigenvalue weighted by Crippen LogP contribution is -2.33.